The SMILES string of the molecule is Cc1cc(Cn2nnn(-c3cccc(C(C)(C)C)c3)c2=O)cc(C)c1OC(C)(C)C(=O)O. The molecule has 1 aromatic heterocycles. The third kappa shape index (κ3) is 4.74. The summed E-state index contributed by atoms with van der Waals surface area (Å²) >= 11 is 0. The molecule has 0 saturated carbocycles. The van der Waals surface area contributed by atoms with E-state index in [1.807, 2.05) is 50.2 Å². The van der Waals surface area contributed by atoms with E-state index < -0.39 is 11.6 Å². The molecule has 3 rings (SSSR count). The summed E-state index contributed by atoms with van der Waals surface area (Å²) in [5, 5.41) is 17.5. The minimum absolute atomic E-state index is 0.0519. The third-order valence-electron chi connectivity index (χ3n) is 5.32. The van der Waals surface area contributed by atoms with E-state index in [2.05, 4.69) is 31.2 Å². The third-order valence-corrected chi connectivity index (χ3v) is 5.32. The van der Waals surface area contributed by atoms with Crippen LogP contribution >= 0.6 is 0 Å². The largest absolute Gasteiger partial charge is 0.478 e. The monoisotopic (exact) mass is 438 g/mol. The van der Waals surface area contributed by atoms with Gasteiger partial charge in [-0.05, 0) is 77.9 Å². The first-order valence-corrected chi connectivity index (χ1v) is 10.5. The van der Waals surface area contributed by atoms with Gasteiger partial charge < -0.3 is 9.84 Å². The van der Waals surface area contributed by atoms with Crippen LogP contribution in [0.5, 0.6) is 5.75 Å². The maximum absolute atomic E-state index is 12.9. The molecule has 2 aromatic carbocycles. The first-order valence-electron chi connectivity index (χ1n) is 10.5. The van der Waals surface area contributed by atoms with Crippen molar-refractivity contribution in [2.75, 3.05) is 0 Å². The fourth-order valence-corrected chi connectivity index (χ4v) is 3.40. The van der Waals surface area contributed by atoms with E-state index in [9.17, 15) is 14.7 Å². The smallest absolute Gasteiger partial charge is 0.368 e. The average Bonchev–Trinajstić information content (AvgIpc) is 3.04. The van der Waals surface area contributed by atoms with Gasteiger partial charge in [0, 0.05) is 0 Å². The molecular formula is C24H30N4O4. The van der Waals surface area contributed by atoms with Crippen LogP contribution in [0.3, 0.4) is 0 Å². The second-order valence-electron chi connectivity index (χ2n) is 9.61. The minimum atomic E-state index is -1.35. The van der Waals surface area contributed by atoms with Crippen LogP contribution in [0.4, 0.5) is 0 Å². The number of nitrogens with zero attached hydrogens (tertiary/aromatic N) is 4. The van der Waals surface area contributed by atoms with Crippen LogP contribution < -0.4 is 10.4 Å². The molecule has 8 nitrogen and oxygen atoms in total. The van der Waals surface area contributed by atoms with Gasteiger partial charge in [0.05, 0.1) is 12.2 Å². The highest BCUT2D eigenvalue weighted by molar-refractivity contribution is 5.77. The summed E-state index contributed by atoms with van der Waals surface area (Å²) in [5.74, 6) is -0.518. The Bertz CT molecular complexity index is 1190. The molecule has 0 aliphatic rings. The van der Waals surface area contributed by atoms with E-state index in [1.54, 1.807) is 0 Å². The Morgan fingerprint density at radius 3 is 2.22 bits per heavy atom. The maximum Gasteiger partial charge on any atom is 0.368 e. The van der Waals surface area contributed by atoms with Crippen LogP contribution in [0.25, 0.3) is 5.69 Å². The molecule has 0 saturated heterocycles. The first-order chi connectivity index (χ1) is 14.8. The molecule has 0 amide bonds. The van der Waals surface area contributed by atoms with Crippen molar-refractivity contribution >= 4 is 5.97 Å². The Labute approximate surface area is 187 Å². The molecule has 8 heteroatoms. The van der Waals surface area contributed by atoms with Crippen LogP contribution in [-0.4, -0.2) is 36.5 Å². The number of benzene rings is 2. The number of hydrogen-bond acceptors (Lipinski definition) is 5. The predicted octanol–water partition coefficient (Wildman–Crippen LogP) is 3.63. The van der Waals surface area contributed by atoms with Gasteiger partial charge in [0.15, 0.2) is 5.60 Å². The number of tetrazole rings is 1. The van der Waals surface area contributed by atoms with Crippen molar-refractivity contribution in [3.05, 3.63) is 69.1 Å². The van der Waals surface area contributed by atoms with Gasteiger partial charge in [0.2, 0.25) is 0 Å². The Balaban J connectivity index is 1.89. The van der Waals surface area contributed by atoms with E-state index in [1.165, 1.54) is 23.2 Å². The lowest BCUT2D eigenvalue weighted by Crippen LogP contribution is -2.38. The molecule has 0 atom stereocenters. The molecule has 0 aliphatic heterocycles. The van der Waals surface area contributed by atoms with Crippen molar-refractivity contribution in [3.63, 3.8) is 0 Å². The van der Waals surface area contributed by atoms with Crippen LogP contribution in [0.2, 0.25) is 0 Å². The van der Waals surface area contributed by atoms with Gasteiger partial charge in [-0.2, -0.15) is 9.36 Å². The molecule has 0 unspecified atom stereocenters. The van der Waals surface area contributed by atoms with Crippen molar-refractivity contribution in [3.8, 4) is 11.4 Å². The summed E-state index contributed by atoms with van der Waals surface area (Å²) in [6.45, 7) is 13.3. The van der Waals surface area contributed by atoms with Crippen molar-refractivity contribution in [1.82, 2.24) is 19.8 Å². The van der Waals surface area contributed by atoms with Crippen LogP contribution in [0.1, 0.15) is 56.9 Å². The summed E-state index contributed by atoms with van der Waals surface area (Å²) in [5.41, 5.74) is 2.45. The number of rotatable bonds is 6. The Kier molecular flexibility index (Phi) is 6.00. The second-order valence-corrected chi connectivity index (χ2v) is 9.61. The van der Waals surface area contributed by atoms with E-state index in [-0.39, 0.29) is 17.6 Å². The fraction of sp³-hybridized carbons (Fsp3) is 0.417. The average molecular weight is 439 g/mol. The first kappa shape index (κ1) is 23.2. The van der Waals surface area contributed by atoms with E-state index in [0.717, 1.165) is 22.3 Å². The number of carboxylic acid groups (broad SMARTS) is 1. The molecular weight excluding hydrogens is 408 g/mol. The van der Waals surface area contributed by atoms with E-state index in [4.69, 9.17) is 4.74 Å². The van der Waals surface area contributed by atoms with Crippen LogP contribution in [0, 0.1) is 13.8 Å². The van der Waals surface area contributed by atoms with Gasteiger partial charge in [-0.1, -0.05) is 45.0 Å². The summed E-state index contributed by atoms with van der Waals surface area (Å²) in [7, 11) is 0. The molecule has 32 heavy (non-hydrogen) atoms. The number of ether oxygens (including phenoxy) is 1. The van der Waals surface area contributed by atoms with Gasteiger partial charge in [0.25, 0.3) is 0 Å². The summed E-state index contributed by atoms with van der Waals surface area (Å²) in [6.07, 6.45) is 0. The minimum Gasteiger partial charge on any atom is -0.478 e. The second kappa shape index (κ2) is 8.26. The Morgan fingerprint density at radius 1 is 1.03 bits per heavy atom. The zero-order valence-electron chi connectivity index (χ0n) is 19.6. The topological polar surface area (TPSA) is 99.2 Å². The summed E-state index contributed by atoms with van der Waals surface area (Å²) < 4.78 is 8.35. The zero-order chi connectivity index (χ0) is 23.8. The Morgan fingerprint density at radius 2 is 1.66 bits per heavy atom. The lowest BCUT2D eigenvalue weighted by atomic mass is 9.87. The highest BCUT2D eigenvalue weighted by Gasteiger charge is 2.30. The molecule has 0 aliphatic carbocycles. The van der Waals surface area contributed by atoms with Gasteiger partial charge in [-0.15, -0.1) is 0 Å². The van der Waals surface area contributed by atoms with Gasteiger partial charge in [0.1, 0.15) is 5.75 Å². The molecule has 1 heterocycles. The number of hydrogen-bond donors (Lipinski definition) is 1. The quantitative estimate of drug-likeness (QED) is 0.631. The fourth-order valence-electron chi connectivity index (χ4n) is 3.40. The normalized spacial score (nSPS) is 12.1. The number of aliphatic carboxylic acids is 1. The molecule has 0 fully saturated rings. The van der Waals surface area contributed by atoms with Crippen LogP contribution in [0.15, 0.2) is 41.2 Å². The van der Waals surface area contributed by atoms with E-state index >= 15 is 0 Å². The summed E-state index contributed by atoms with van der Waals surface area (Å²) in [6, 6.07) is 11.5. The maximum atomic E-state index is 12.9. The summed E-state index contributed by atoms with van der Waals surface area (Å²) in [4.78, 5) is 24.4. The Hall–Kier alpha value is -3.42. The number of aromatic nitrogens is 4. The van der Waals surface area contributed by atoms with Gasteiger partial charge in [-0.25, -0.2) is 9.59 Å². The highest BCUT2D eigenvalue weighted by Crippen LogP contribution is 2.29. The molecule has 0 bridgehead atoms. The van der Waals surface area contributed by atoms with Gasteiger partial charge >= 0.3 is 11.7 Å². The molecule has 0 spiro atoms. The van der Waals surface area contributed by atoms with Crippen LogP contribution in [-0.2, 0) is 16.8 Å². The number of aryl methyl sites for hydroxylation is 2. The van der Waals surface area contributed by atoms with E-state index in [0.29, 0.717) is 11.4 Å². The van der Waals surface area contributed by atoms with Crippen molar-refractivity contribution < 1.29 is 14.6 Å². The molecule has 1 N–H and O–H groups in total. The molecule has 3 aromatic rings. The zero-order valence-corrected chi connectivity index (χ0v) is 19.6. The number of carboxylic acids is 1. The van der Waals surface area contributed by atoms with Gasteiger partial charge in [-0.3, -0.25) is 0 Å². The lowest BCUT2D eigenvalue weighted by Gasteiger charge is -2.24. The predicted molar refractivity (Wildman–Crippen MR) is 122 cm³/mol. The standard InChI is InChI=1S/C24H30N4O4/c1-15-11-17(12-16(2)20(15)32-24(6,7)21(29)30)14-27-22(31)28(26-25-27)19-10-8-9-18(13-19)23(3,4)5/h8-13H,14H2,1-7H3,(H,29,30). The number of carbonyl (C=O) groups is 1. The highest BCUT2D eigenvalue weighted by atomic mass is 16.5. The molecule has 170 valence electrons. The molecule has 0 radical (unpaired) electrons. The lowest BCUT2D eigenvalue weighted by molar-refractivity contribution is -0.152. The van der Waals surface area contributed by atoms with Crippen molar-refractivity contribution in [2.45, 2.75) is 66.0 Å². The van der Waals surface area contributed by atoms with Crippen molar-refractivity contribution in [2.24, 2.45) is 0 Å². The van der Waals surface area contributed by atoms with Crippen molar-refractivity contribution in [1.29, 1.82) is 0 Å².